The van der Waals surface area contributed by atoms with Gasteiger partial charge in [0.05, 0.1) is 5.56 Å². The van der Waals surface area contributed by atoms with E-state index in [0.717, 1.165) is 25.4 Å². The molecule has 3 heterocycles. The van der Waals surface area contributed by atoms with Crippen molar-refractivity contribution in [1.82, 2.24) is 15.2 Å². The second kappa shape index (κ2) is 8.46. The number of alkyl halides is 3. The Hall–Kier alpha value is -1.83. The SMILES string of the molecule is C[C@@H](CNC(=O)C1CCN(c2ccc(C(F)(F)F)cn2)CC1)N1CCCC1. The fourth-order valence-corrected chi connectivity index (χ4v) is 3.82. The molecule has 0 aliphatic carbocycles. The topological polar surface area (TPSA) is 48.5 Å². The number of anilines is 1. The highest BCUT2D eigenvalue weighted by Crippen LogP contribution is 2.30. The van der Waals surface area contributed by atoms with Gasteiger partial charge in [-0.05, 0) is 57.8 Å². The van der Waals surface area contributed by atoms with E-state index < -0.39 is 11.7 Å². The highest BCUT2D eigenvalue weighted by molar-refractivity contribution is 5.79. The maximum absolute atomic E-state index is 12.6. The largest absolute Gasteiger partial charge is 0.417 e. The van der Waals surface area contributed by atoms with Gasteiger partial charge in [0.2, 0.25) is 5.91 Å². The summed E-state index contributed by atoms with van der Waals surface area (Å²) in [6.07, 6.45) is 0.333. The van der Waals surface area contributed by atoms with Crippen molar-refractivity contribution in [2.24, 2.45) is 5.92 Å². The second-order valence-electron chi connectivity index (χ2n) is 7.50. The van der Waals surface area contributed by atoms with Gasteiger partial charge in [0.15, 0.2) is 0 Å². The Kier molecular flexibility index (Phi) is 6.24. The summed E-state index contributed by atoms with van der Waals surface area (Å²) < 4.78 is 37.9. The predicted octanol–water partition coefficient (Wildman–Crippen LogP) is 2.92. The average molecular weight is 384 g/mol. The van der Waals surface area contributed by atoms with Gasteiger partial charge < -0.3 is 10.2 Å². The lowest BCUT2D eigenvalue weighted by molar-refractivity contribution is -0.137. The Morgan fingerprint density at radius 2 is 1.89 bits per heavy atom. The number of rotatable bonds is 5. The van der Waals surface area contributed by atoms with Gasteiger partial charge in [-0.25, -0.2) is 4.98 Å². The molecule has 2 saturated heterocycles. The number of hydrogen-bond donors (Lipinski definition) is 1. The van der Waals surface area contributed by atoms with Crippen LogP contribution in [0, 0.1) is 5.92 Å². The highest BCUT2D eigenvalue weighted by atomic mass is 19.4. The van der Waals surface area contributed by atoms with Gasteiger partial charge in [-0.15, -0.1) is 0 Å². The second-order valence-corrected chi connectivity index (χ2v) is 7.50. The van der Waals surface area contributed by atoms with Crippen LogP contribution in [0.15, 0.2) is 18.3 Å². The molecule has 2 aliphatic heterocycles. The van der Waals surface area contributed by atoms with Crippen LogP contribution in [-0.4, -0.2) is 54.6 Å². The minimum absolute atomic E-state index is 0.0403. The molecule has 0 bridgehead atoms. The van der Waals surface area contributed by atoms with Crippen LogP contribution in [0.3, 0.4) is 0 Å². The molecule has 1 N–H and O–H groups in total. The number of likely N-dealkylation sites (tertiary alicyclic amines) is 1. The molecule has 0 spiro atoms. The third-order valence-electron chi connectivity index (χ3n) is 5.60. The van der Waals surface area contributed by atoms with E-state index in [1.165, 1.54) is 18.9 Å². The van der Waals surface area contributed by atoms with Crippen molar-refractivity contribution in [3.05, 3.63) is 23.9 Å². The van der Waals surface area contributed by atoms with E-state index in [1.807, 2.05) is 4.90 Å². The Bertz CT molecular complexity index is 621. The van der Waals surface area contributed by atoms with E-state index in [2.05, 4.69) is 22.1 Å². The molecule has 0 aromatic carbocycles. The van der Waals surface area contributed by atoms with Crippen LogP contribution in [0.5, 0.6) is 0 Å². The number of hydrogen-bond acceptors (Lipinski definition) is 4. The first-order valence-corrected chi connectivity index (χ1v) is 9.64. The van der Waals surface area contributed by atoms with Crippen LogP contribution in [0.25, 0.3) is 0 Å². The van der Waals surface area contributed by atoms with Crippen LogP contribution >= 0.6 is 0 Å². The summed E-state index contributed by atoms with van der Waals surface area (Å²) >= 11 is 0. The molecule has 0 radical (unpaired) electrons. The predicted molar refractivity (Wildman–Crippen MR) is 97.5 cm³/mol. The molecule has 1 atom stereocenters. The molecule has 1 aromatic heterocycles. The van der Waals surface area contributed by atoms with Crippen molar-refractivity contribution in [3.8, 4) is 0 Å². The number of pyridine rings is 1. The Morgan fingerprint density at radius 3 is 2.44 bits per heavy atom. The molecule has 1 aromatic rings. The summed E-state index contributed by atoms with van der Waals surface area (Å²) in [5, 5.41) is 3.07. The fraction of sp³-hybridized carbons (Fsp3) is 0.684. The number of halogens is 3. The summed E-state index contributed by atoms with van der Waals surface area (Å²) in [5.41, 5.74) is -0.743. The summed E-state index contributed by atoms with van der Waals surface area (Å²) in [6.45, 7) is 6.27. The molecular formula is C19H27F3N4O. The molecule has 5 nitrogen and oxygen atoms in total. The van der Waals surface area contributed by atoms with Gasteiger partial charge in [-0.3, -0.25) is 9.69 Å². The lowest BCUT2D eigenvalue weighted by Crippen LogP contribution is -2.45. The molecule has 27 heavy (non-hydrogen) atoms. The maximum atomic E-state index is 12.6. The molecule has 150 valence electrons. The van der Waals surface area contributed by atoms with Gasteiger partial charge in [0, 0.05) is 37.8 Å². The summed E-state index contributed by atoms with van der Waals surface area (Å²) in [6, 6.07) is 2.81. The summed E-state index contributed by atoms with van der Waals surface area (Å²) in [4.78, 5) is 20.7. The number of amides is 1. The molecule has 8 heteroatoms. The minimum atomic E-state index is -4.37. The lowest BCUT2D eigenvalue weighted by Gasteiger charge is -2.32. The third-order valence-corrected chi connectivity index (χ3v) is 5.60. The average Bonchev–Trinajstić information content (AvgIpc) is 3.20. The van der Waals surface area contributed by atoms with Crippen molar-refractivity contribution in [3.63, 3.8) is 0 Å². The van der Waals surface area contributed by atoms with Crippen molar-refractivity contribution < 1.29 is 18.0 Å². The number of aromatic nitrogens is 1. The molecule has 0 unspecified atom stereocenters. The molecule has 3 rings (SSSR count). The molecule has 2 aliphatic rings. The number of carbonyl (C=O) groups is 1. The first-order valence-electron chi connectivity index (χ1n) is 9.64. The quantitative estimate of drug-likeness (QED) is 0.848. The Labute approximate surface area is 157 Å². The van der Waals surface area contributed by atoms with E-state index >= 15 is 0 Å². The number of nitrogens with zero attached hydrogens (tertiary/aromatic N) is 3. The first kappa shape index (κ1) is 19.9. The maximum Gasteiger partial charge on any atom is 0.417 e. The van der Waals surface area contributed by atoms with Gasteiger partial charge >= 0.3 is 6.18 Å². The normalized spacial score (nSPS) is 20.7. The van der Waals surface area contributed by atoms with E-state index in [1.54, 1.807) is 0 Å². The van der Waals surface area contributed by atoms with Crippen LogP contribution in [0.2, 0.25) is 0 Å². The number of carbonyl (C=O) groups excluding carboxylic acids is 1. The third kappa shape index (κ3) is 5.12. The monoisotopic (exact) mass is 384 g/mol. The van der Waals surface area contributed by atoms with Crippen LogP contribution in [-0.2, 0) is 11.0 Å². The molecule has 2 fully saturated rings. The Balaban J connectivity index is 1.44. The van der Waals surface area contributed by atoms with Crippen molar-refractivity contribution in [1.29, 1.82) is 0 Å². The molecular weight excluding hydrogens is 357 g/mol. The smallest absolute Gasteiger partial charge is 0.357 e. The van der Waals surface area contributed by atoms with Gasteiger partial charge in [-0.2, -0.15) is 13.2 Å². The van der Waals surface area contributed by atoms with Crippen molar-refractivity contribution in [2.45, 2.75) is 44.8 Å². The summed E-state index contributed by atoms with van der Waals surface area (Å²) in [5.74, 6) is 0.576. The molecule has 0 saturated carbocycles. The van der Waals surface area contributed by atoms with E-state index in [9.17, 15) is 18.0 Å². The zero-order valence-corrected chi connectivity index (χ0v) is 15.6. The number of piperidine rings is 1. The van der Waals surface area contributed by atoms with Crippen LogP contribution < -0.4 is 10.2 Å². The van der Waals surface area contributed by atoms with E-state index in [0.29, 0.717) is 44.3 Å². The molecule has 1 amide bonds. The zero-order valence-electron chi connectivity index (χ0n) is 15.6. The van der Waals surface area contributed by atoms with Gasteiger partial charge in [-0.1, -0.05) is 0 Å². The number of nitrogens with one attached hydrogen (secondary N) is 1. The van der Waals surface area contributed by atoms with Gasteiger partial charge in [0.1, 0.15) is 5.82 Å². The Morgan fingerprint density at radius 1 is 1.22 bits per heavy atom. The lowest BCUT2D eigenvalue weighted by atomic mass is 9.95. The zero-order chi connectivity index (χ0) is 19.4. The summed E-state index contributed by atoms with van der Waals surface area (Å²) in [7, 11) is 0. The van der Waals surface area contributed by atoms with Crippen LogP contribution in [0.4, 0.5) is 19.0 Å². The van der Waals surface area contributed by atoms with Crippen molar-refractivity contribution in [2.75, 3.05) is 37.6 Å². The first-order chi connectivity index (χ1) is 12.8. The van der Waals surface area contributed by atoms with Crippen molar-refractivity contribution >= 4 is 11.7 Å². The standard InChI is InChI=1S/C19H27F3N4O/c1-14(25-8-2-3-9-25)12-24-18(27)15-6-10-26(11-7-15)17-5-4-16(13-23-17)19(20,21)22/h4-5,13-15H,2-3,6-12H2,1H3,(H,24,27)/t14-/m0/s1. The van der Waals surface area contributed by atoms with Gasteiger partial charge in [0.25, 0.3) is 0 Å². The van der Waals surface area contributed by atoms with E-state index in [-0.39, 0.29) is 11.8 Å². The van der Waals surface area contributed by atoms with E-state index in [4.69, 9.17) is 0 Å². The fourth-order valence-electron chi connectivity index (χ4n) is 3.82. The van der Waals surface area contributed by atoms with Crippen LogP contribution in [0.1, 0.15) is 38.2 Å². The highest BCUT2D eigenvalue weighted by Gasteiger charge is 2.31. The minimum Gasteiger partial charge on any atom is -0.357 e.